The van der Waals surface area contributed by atoms with Gasteiger partial charge in [0.05, 0.1) is 33.5 Å². The highest BCUT2D eigenvalue weighted by Crippen LogP contribution is 2.26. The molecule has 8 heteroatoms. The molecule has 1 aromatic heterocycles. The predicted octanol–water partition coefficient (Wildman–Crippen LogP) is 4.26. The molecule has 0 spiro atoms. The summed E-state index contributed by atoms with van der Waals surface area (Å²) in [6.07, 6.45) is 5.04. The lowest BCUT2D eigenvalue weighted by molar-refractivity contribution is -0.139. The molecule has 1 aliphatic rings. The van der Waals surface area contributed by atoms with E-state index in [0.717, 1.165) is 16.9 Å². The summed E-state index contributed by atoms with van der Waals surface area (Å²) in [5.41, 5.74) is 1.40. The molecule has 2 heterocycles. The summed E-state index contributed by atoms with van der Waals surface area (Å²) in [6, 6.07) is 13.2. The van der Waals surface area contributed by atoms with E-state index in [2.05, 4.69) is 4.99 Å². The highest BCUT2D eigenvalue weighted by atomic mass is 35.5. The summed E-state index contributed by atoms with van der Waals surface area (Å²) < 4.78 is 21.3. The van der Waals surface area contributed by atoms with Gasteiger partial charge in [-0.05, 0) is 37.6 Å². The van der Waals surface area contributed by atoms with Crippen LogP contribution in [0.1, 0.15) is 31.0 Å². The van der Waals surface area contributed by atoms with Gasteiger partial charge in [0, 0.05) is 5.56 Å². The maximum Gasteiger partial charge on any atom is 0.338 e. The third kappa shape index (κ3) is 4.60. The average Bonchev–Trinajstić information content (AvgIpc) is 3.10. The van der Waals surface area contributed by atoms with Crippen LogP contribution in [0.4, 0.5) is 4.39 Å². The van der Waals surface area contributed by atoms with E-state index in [0.29, 0.717) is 10.5 Å². The van der Waals surface area contributed by atoms with Gasteiger partial charge in [-0.15, -0.1) is 0 Å². The smallest absolute Gasteiger partial charge is 0.338 e. The van der Waals surface area contributed by atoms with Crippen molar-refractivity contribution in [2.24, 2.45) is 4.99 Å². The Hall–Kier alpha value is -3.29. The minimum absolute atomic E-state index is 0.127. The maximum absolute atomic E-state index is 14.3. The largest absolute Gasteiger partial charge is 0.463 e. The van der Waals surface area contributed by atoms with Crippen molar-refractivity contribution < 1.29 is 13.9 Å². The van der Waals surface area contributed by atoms with Gasteiger partial charge < -0.3 is 4.74 Å². The third-order valence-electron chi connectivity index (χ3n) is 5.11. The fraction of sp³-hybridized carbons (Fsp3) is 0.160. The normalized spacial score (nSPS) is 16.1. The topological polar surface area (TPSA) is 60.7 Å². The molecule has 4 rings (SSSR count). The highest BCUT2D eigenvalue weighted by molar-refractivity contribution is 7.07. The number of carbonyl (C=O) groups excluding carboxylic acids is 1. The second-order valence-electron chi connectivity index (χ2n) is 7.25. The summed E-state index contributed by atoms with van der Waals surface area (Å²) in [5.74, 6) is -1.06. The molecule has 5 nitrogen and oxygen atoms in total. The second kappa shape index (κ2) is 9.68. The molecular formula is C25H20ClFN2O3S. The van der Waals surface area contributed by atoms with Crippen LogP contribution in [-0.4, -0.2) is 17.1 Å². The molecule has 1 aliphatic heterocycles. The number of aromatic nitrogens is 1. The van der Waals surface area contributed by atoms with Crippen LogP contribution in [0, 0.1) is 5.82 Å². The van der Waals surface area contributed by atoms with Gasteiger partial charge in [-0.2, -0.15) is 0 Å². The standard InChI is InChI=1S/C25H20ClFN2O3S/c1-3-32-24(31)22-15(2)28-25-29(20(22)13-12-16-8-5-4-6-9-16)23(30)21(33-25)14-17-18(26)10-7-11-19(17)27/h4-14,20H,3H2,1-2H3/b13-12+,21-14-. The van der Waals surface area contributed by atoms with Crippen molar-refractivity contribution in [3.63, 3.8) is 0 Å². The van der Waals surface area contributed by atoms with Crippen LogP contribution in [-0.2, 0) is 9.53 Å². The first-order chi connectivity index (χ1) is 15.9. The lowest BCUT2D eigenvalue weighted by Crippen LogP contribution is -2.38. The fourth-order valence-corrected chi connectivity index (χ4v) is 4.82. The summed E-state index contributed by atoms with van der Waals surface area (Å²) >= 11 is 7.26. The van der Waals surface area contributed by atoms with Gasteiger partial charge in [-0.3, -0.25) is 9.36 Å². The number of thiazole rings is 1. The number of rotatable bonds is 5. The monoisotopic (exact) mass is 482 g/mol. The first kappa shape index (κ1) is 22.9. The number of ether oxygens (including phenoxy) is 1. The Bertz CT molecular complexity index is 1430. The van der Waals surface area contributed by atoms with Gasteiger partial charge >= 0.3 is 5.97 Å². The Morgan fingerprint density at radius 3 is 2.70 bits per heavy atom. The lowest BCUT2D eigenvalue weighted by Gasteiger charge is -2.21. The molecule has 0 radical (unpaired) electrons. The van der Waals surface area contributed by atoms with E-state index in [4.69, 9.17) is 16.3 Å². The van der Waals surface area contributed by atoms with Crippen molar-refractivity contribution in [2.75, 3.05) is 6.61 Å². The van der Waals surface area contributed by atoms with Gasteiger partial charge in [0.2, 0.25) is 0 Å². The van der Waals surface area contributed by atoms with E-state index in [1.54, 1.807) is 26.0 Å². The maximum atomic E-state index is 14.3. The summed E-state index contributed by atoms with van der Waals surface area (Å²) in [7, 11) is 0. The van der Waals surface area contributed by atoms with Crippen LogP contribution in [0.25, 0.3) is 12.2 Å². The number of hydrogen-bond acceptors (Lipinski definition) is 5. The SMILES string of the molecule is CCOC(=O)C1=C(C)N=c2s/c(=C\c3c(F)cccc3Cl)c(=O)n2C1/C=C/c1ccccc1. The van der Waals surface area contributed by atoms with E-state index in [9.17, 15) is 14.0 Å². The molecule has 3 aromatic rings. The summed E-state index contributed by atoms with van der Waals surface area (Å²) in [5, 5.41) is 0.199. The van der Waals surface area contributed by atoms with Crippen molar-refractivity contribution in [2.45, 2.75) is 19.9 Å². The number of allylic oxidation sites excluding steroid dienone is 2. The lowest BCUT2D eigenvalue weighted by atomic mass is 10.0. The number of nitrogens with zero attached hydrogens (tertiary/aromatic N) is 2. The molecule has 0 N–H and O–H groups in total. The molecular weight excluding hydrogens is 463 g/mol. The predicted molar refractivity (Wildman–Crippen MR) is 128 cm³/mol. The summed E-state index contributed by atoms with van der Waals surface area (Å²) in [6.45, 7) is 3.62. The molecule has 0 bridgehead atoms. The van der Waals surface area contributed by atoms with Crippen LogP contribution >= 0.6 is 22.9 Å². The molecule has 1 unspecified atom stereocenters. The Kier molecular flexibility index (Phi) is 6.72. The zero-order valence-electron chi connectivity index (χ0n) is 17.9. The van der Waals surface area contributed by atoms with Crippen molar-refractivity contribution >= 4 is 41.1 Å². The fourth-order valence-electron chi connectivity index (χ4n) is 3.56. The number of hydrogen-bond donors (Lipinski definition) is 0. The number of esters is 1. The molecule has 2 aromatic carbocycles. The van der Waals surface area contributed by atoms with Gasteiger partial charge in [0.25, 0.3) is 5.56 Å². The van der Waals surface area contributed by atoms with E-state index in [1.807, 2.05) is 36.4 Å². The van der Waals surface area contributed by atoms with Crippen molar-refractivity contribution in [1.29, 1.82) is 0 Å². The average molecular weight is 483 g/mol. The summed E-state index contributed by atoms with van der Waals surface area (Å²) in [4.78, 5) is 31.1. The number of halogens is 2. The molecule has 0 saturated carbocycles. The Morgan fingerprint density at radius 2 is 2.00 bits per heavy atom. The second-order valence-corrected chi connectivity index (χ2v) is 8.67. The van der Waals surface area contributed by atoms with Crippen molar-refractivity contribution in [1.82, 2.24) is 4.57 Å². The molecule has 168 valence electrons. The van der Waals surface area contributed by atoms with Crippen molar-refractivity contribution in [3.8, 4) is 0 Å². The molecule has 0 saturated heterocycles. The van der Waals surface area contributed by atoms with Gasteiger partial charge in [0.1, 0.15) is 5.82 Å². The van der Waals surface area contributed by atoms with Crippen LogP contribution in [0.15, 0.2) is 75.7 Å². The Balaban J connectivity index is 1.91. The Labute approximate surface area is 198 Å². The minimum Gasteiger partial charge on any atom is -0.463 e. The van der Waals surface area contributed by atoms with Crippen LogP contribution in [0.5, 0.6) is 0 Å². The van der Waals surface area contributed by atoms with E-state index in [1.165, 1.54) is 22.8 Å². The van der Waals surface area contributed by atoms with E-state index < -0.39 is 23.4 Å². The third-order valence-corrected chi connectivity index (χ3v) is 6.42. The van der Waals surface area contributed by atoms with Gasteiger partial charge in [0.15, 0.2) is 4.80 Å². The van der Waals surface area contributed by atoms with Gasteiger partial charge in [-0.1, -0.05) is 71.5 Å². The molecule has 0 amide bonds. The van der Waals surface area contributed by atoms with Crippen LogP contribution in [0.3, 0.4) is 0 Å². The molecule has 0 fully saturated rings. The number of benzene rings is 2. The van der Waals surface area contributed by atoms with Crippen LogP contribution in [0.2, 0.25) is 5.02 Å². The van der Waals surface area contributed by atoms with E-state index >= 15 is 0 Å². The van der Waals surface area contributed by atoms with E-state index in [-0.39, 0.29) is 27.3 Å². The molecule has 33 heavy (non-hydrogen) atoms. The molecule has 0 aliphatic carbocycles. The number of fused-ring (bicyclic) bond motifs is 1. The Morgan fingerprint density at radius 1 is 1.24 bits per heavy atom. The van der Waals surface area contributed by atoms with Crippen LogP contribution < -0.4 is 14.9 Å². The first-order valence-electron chi connectivity index (χ1n) is 10.3. The quantitative estimate of drug-likeness (QED) is 0.511. The van der Waals surface area contributed by atoms with Gasteiger partial charge in [-0.25, -0.2) is 14.2 Å². The molecule has 1 atom stereocenters. The van der Waals surface area contributed by atoms with Crippen molar-refractivity contribution in [3.05, 3.63) is 108 Å². The minimum atomic E-state index is -0.723. The zero-order chi connectivity index (χ0) is 23.5. The number of carbonyl (C=O) groups is 1. The highest BCUT2D eigenvalue weighted by Gasteiger charge is 2.30. The zero-order valence-corrected chi connectivity index (χ0v) is 19.5. The first-order valence-corrected chi connectivity index (χ1v) is 11.5.